The van der Waals surface area contributed by atoms with Crippen LogP contribution in [0.5, 0.6) is 0 Å². The van der Waals surface area contributed by atoms with Crippen molar-refractivity contribution in [1.82, 2.24) is 0 Å². The highest BCUT2D eigenvalue weighted by molar-refractivity contribution is 6.37. The molecule has 4 aromatic carbocycles. The second-order valence-electron chi connectivity index (χ2n) is 8.10. The molecular formula is C26H18ClN3O4. The minimum absolute atomic E-state index is 0.106. The molecule has 5 rings (SSSR count). The zero-order chi connectivity index (χ0) is 24.1. The van der Waals surface area contributed by atoms with Crippen molar-refractivity contribution in [2.45, 2.75) is 13.8 Å². The number of carbonyl (C=O) groups is 2. The van der Waals surface area contributed by atoms with Crippen LogP contribution in [0.3, 0.4) is 0 Å². The van der Waals surface area contributed by atoms with Gasteiger partial charge in [0.15, 0.2) is 0 Å². The largest absolute Gasteiger partial charge is 0.349 e. The van der Waals surface area contributed by atoms with Crippen molar-refractivity contribution < 1.29 is 14.5 Å². The quantitative estimate of drug-likeness (QED) is 0.206. The summed E-state index contributed by atoms with van der Waals surface area (Å²) in [7, 11) is 0. The van der Waals surface area contributed by atoms with E-state index in [-0.39, 0.29) is 16.9 Å². The maximum absolute atomic E-state index is 13.6. The minimum atomic E-state index is -0.597. The molecule has 0 aliphatic carbocycles. The standard InChI is InChI=1S/C26H18ClN3O4/c1-14-6-3-11-21(15(14)2)29-25(31)19-10-5-9-18-23(19)20(26(29)32)13-22(30(33)34)24(18)28-17-8-4-7-16(27)12-17/h3-13,28H,1-2H3. The van der Waals surface area contributed by atoms with E-state index in [1.54, 1.807) is 54.6 Å². The predicted octanol–water partition coefficient (Wildman–Crippen LogP) is 6.56. The molecule has 0 atom stereocenters. The van der Waals surface area contributed by atoms with Crippen molar-refractivity contribution in [1.29, 1.82) is 0 Å². The lowest BCUT2D eigenvalue weighted by atomic mass is 9.91. The first-order chi connectivity index (χ1) is 16.3. The number of nitro benzene ring substituents is 1. The van der Waals surface area contributed by atoms with Crippen LogP contribution in [0.1, 0.15) is 31.8 Å². The van der Waals surface area contributed by atoms with Crippen LogP contribution in [-0.2, 0) is 0 Å². The molecule has 1 aliphatic rings. The molecule has 0 saturated carbocycles. The number of amides is 2. The molecule has 168 valence electrons. The van der Waals surface area contributed by atoms with Crippen LogP contribution in [0.25, 0.3) is 10.8 Å². The third-order valence-electron chi connectivity index (χ3n) is 6.11. The van der Waals surface area contributed by atoms with E-state index in [0.29, 0.717) is 32.7 Å². The highest BCUT2D eigenvalue weighted by atomic mass is 35.5. The van der Waals surface area contributed by atoms with Crippen molar-refractivity contribution in [3.8, 4) is 0 Å². The average molecular weight is 472 g/mol. The molecule has 0 aromatic heterocycles. The van der Waals surface area contributed by atoms with E-state index in [1.807, 2.05) is 19.9 Å². The monoisotopic (exact) mass is 471 g/mol. The van der Waals surface area contributed by atoms with Gasteiger partial charge in [0.25, 0.3) is 17.5 Å². The molecule has 1 heterocycles. The van der Waals surface area contributed by atoms with Gasteiger partial charge in [-0.2, -0.15) is 0 Å². The van der Waals surface area contributed by atoms with E-state index in [9.17, 15) is 19.7 Å². The van der Waals surface area contributed by atoms with Crippen LogP contribution < -0.4 is 10.2 Å². The fraction of sp³-hybridized carbons (Fsp3) is 0.0769. The van der Waals surface area contributed by atoms with Gasteiger partial charge in [0, 0.05) is 33.1 Å². The lowest BCUT2D eigenvalue weighted by Gasteiger charge is -2.29. The summed E-state index contributed by atoms with van der Waals surface area (Å²) in [5, 5.41) is 16.4. The zero-order valence-electron chi connectivity index (χ0n) is 18.3. The predicted molar refractivity (Wildman–Crippen MR) is 132 cm³/mol. The number of rotatable bonds is 4. The number of hydrogen-bond acceptors (Lipinski definition) is 5. The van der Waals surface area contributed by atoms with Gasteiger partial charge in [-0.1, -0.05) is 41.9 Å². The number of aryl methyl sites for hydroxylation is 1. The normalized spacial score (nSPS) is 12.9. The van der Waals surface area contributed by atoms with E-state index >= 15 is 0 Å². The van der Waals surface area contributed by atoms with Crippen LogP contribution in [0.4, 0.5) is 22.7 Å². The topological polar surface area (TPSA) is 92.6 Å². The number of benzene rings is 4. The van der Waals surface area contributed by atoms with Crippen molar-refractivity contribution in [2.75, 3.05) is 10.2 Å². The Morgan fingerprint density at radius 1 is 0.912 bits per heavy atom. The van der Waals surface area contributed by atoms with Gasteiger partial charge in [0.05, 0.1) is 16.2 Å². The number of carbonyl (C=O) groups excluding carboxylic acids is 2. The lowest BCUT2D eigenvalue weighted by molar-refractivity contribution is -0.383. The molecule has 7 nitrogen and oxygen atoms in total. The third-order valence-corrected chi connectivity index (χ3v) is 6.35. The minimum Gasteiger partial charge on any atom is -0.349 e. The summed E-state index contributed by atoms with van der Waals surface area (Å²) >= 11 is 6.08. The summed E-state index contributed by atoms with van der Waals surface area (Å²) in [5.74, 6) is -1.07. The number of nitrogens with one attached hydrogen (secondary N) is 1. The van der Waals surface area contributed by atoms with E-state index < -0.39 is 16.7 Å². The molecule has 2 amide bonds. The zero-order valence-corrected chi connectivity index (χ0v) is 19.0. The van der Waals surface area contributed by atoms with Crippen molar-refractivity contribution in [3.05, 3.63) is 104 Å². The Labute approximate surface area is 199 Å². The van der Waals surface area contributed by atoms with E-state index in [0.717, 1.165) is 16.0 Å². The molecule has 8 heteroatoms. The van der Waals surface area contributed by atoms with Crippen LogP contribution >= 0.6 is 11.6 Å². The number of halogens is 1. The first-order valence-electron chi connectivity index (χ1n) is 10.5. The molecule has 0 unspecified atom stereocenters. The molecular weight excluding hydrogens is 454 g/mol. The van der Waals surface area contributed by atoms with Crippen molar-refractivity contribution in [2.24, 2.45) is 0 Å². The Morgan fingerprint density at radius 3 is 2.35 bits per heavy atom. The summed E-state index contributed by atoms with van der Waals surface area (Å²) in [6.07, 6.45) is 0. The van der Waals surface area contributed by atoms with Gasteiger partial charge in [-0.25, -0.2) is 4.90 Å². The van der Waals surface area contributed by atoms with Gasteiger partial charge in [-0.15, -0.1) is 0 Å². The Morgan fingerprint density at radius 2 is 1.62 bits per heavy atom. The summed E-state index contributed by atoms with van der Waals surface area (Å²) in [6.45, 7) is 3.73. The van der Waals surface area contributed by atoms with Gasteiger partial charge in [-0.05, 0) is 55.3 Å². The smallest absolute Gasteiger partial charge is 0.294 e. The van der Waals surface area contributed by atoms with E-state index in [4.69, 9.17) is 11.6 Å². The van der Waals surface area contributed by atoms with E-state index in [1.165, 1.54) is 6.07 Å². The van der Waals surface area contributed by atoms with Crippen LogP contribution in [-0.4, -0.2) is 16.7 Å². The Bertz CT molecular complexity index is 1550. The molecule has 0 radical (unpaired) electrons. The fourth-order valence-electron chi connectivity index (χ4n) is 4.33. The molecule has 0 bridgehead atoms. The molecule has 34 heavy (non-hydrogen) atoms. The molecule has 4 aromatic rings. The van der Waals surface area contributed by atoms with Crippen molar-refractivity contribution in [3.63, 3.8) is 0 Å². The Kier molecular flexibility index (Phi) is 5.06. The Balaban J connectivity index is 1.77. The second-order valence-corrected chi connectivity index (χ2v) is 8.54. The highest BCUT2D eigenvalue weighted by Gasteiger charge is 2.37. The molecule has 0 fully saturated rings. The van der Waals surface area contributed by atoms with Crippen molar-refractivity contribution >= 4 is 56.9 Å². The molecule has 0 spiro atoms. The van der Waals surface area contributed by atoms with Crippen LogP contribution in [0.2, 0.25) is 5.02 Å². The van der Waals surface area contributed by atoms with E-state index in [2.05, 4.69) is 5.32 Å². The fourth-order valence-corrected chi connectivity index (χ4v) is 4.52. The molecule has 1 aliphatic heterocycles. The number of hydrogen-bond donors (Lipinski definition) is 1. The van der Waals surface area contributed by atoms with Gasteiger partial charge < -0.3 is 5.32 Å². The summed E-state index contributed by atoms with van der Waals surface area (Å²) in [5.41, 5.74) is 3.04. The number of imide groups is 1. The summed E-state index contributed by atoms with van der Waals surface area (Å²) in [4.78, 5) is 39.8. The second kappa shape index (κ2) is 7.97. The van der Waals surface area contributed by atoms with Gasteiger partial charge in [0.1, 0.15) is 5.69 Å². The van der Waals surface area contributed by atoms with Gasteiger partial charge in [0.2, 0.25) is 0 Å². The molecule has 0 saturated heterocycles. The first kappa shape index (κ1) is 21.6. The van der Waals surface area contributed by atoms with Gasteiger partial charge in [-0.3, -0.25) is 19.7 Å². The third kappa shape index (κ3) is 3.29. The average Bonchev–Trinajstić information content (AvgIpc) is 2.80. The number of nitrogens with zero attached hydrogens (tertiary/aromatic N) is 2. The number of anilines is 3. The Hall–Kier alpha value is -4.23. The van der Waals surface area contributed by atoms with Crippen LogP contribution in [0.15, 0.2) is 66.7 Å². The summed E-state index contributed by atoms with van der Waals surface area (Å²) < 4.78 is 0. The first-order valence-corrected chi connectivity index (χ1v) is 10.9. The molecule has 1 N–H and O–H groups in total. The van der Waals surface area contributed by atoms with Crippen LogP contribution in [0, 0.1) is 24.0 Å². The number of nitro groups is 1. The SMILES string of the molecule is Cc1cccc(N2C(=O)c3cccc4c(Nc5cccc(Cl)c5)c([N+](=O)[O-])cc(c34)C2=O)c1C. The maximum atomic E-state index is 13.6. The summed E-state index contributed by atoms with van der Waals surface area (Å²) in [6, 6.07) is 18.3. The maximum Gasteiger partial charge on any atom is 0.294 e. The highest BCUT2D eigenvalue weighted by Crippen LogP contribution is 2.43. The van der Waals surface area contributed by atoms with Gasteiger partial charge >= 0.3 is 0 Å². The lowest BCUT2D eigenvalue weighted by Crippen LogP contribution is -2.41.